The Hall–Kier alpha value is -1.59. The summed E-state index contributed by atoms with van der Waals surface area (Å²) in [5.74, 6) is 0.781. The van der Waals surface area contributed by atoms with E-state index in [1.165, 1.54) is 0 Å². The highest BCUT2D eigenvalue weighted by molar-refractivity contribution is 5.77. The topological polar surface area (TPSA) is 85.3 Å². The minimum atomic E-state index is -0.253. The third-order valence-corrected chi connectivity index (χ3v) is 3.60. The summed E-state index contributed by atoms with van der Waals surface area (Å²) in [6.45, 7) is 8.74. The fourth-order valence-corrected chi connectivity index (χ4v) is 2.25. The van der Waals surface area contributed by atoms with E-state index in [1.54, 1.807) is 0 Å². The van der Waals surface area contributed by atoms with Gasteiger partial charge in [-0.15, -0.1) is 0 Å². The molecule has 1 aliphatic rings. The smallest absolute Gasteiger partial charge is 0.266 e. The molecule has 106 valence electrons. The first-order chi connectivity index (χ1) is 8.79. The summed E-state index contributed by atoms with van der Waals surface area (Å²) in [6, 6.07) is 0.293. The van der Waals surface area contributed by atoms with E-state index in [4.69, 9.17) is 10.3 Å². The zero-order valence-electron chi connectivity index (χ0n) is 12.0. The lowest BCUT2D eigenvalue weighted by molar-refractivity contribution is -0.122. The molecule has 1 aromatic heterocycles. The normalized spacial score (nSPS) is 24.5. The number of anilines is 1. The van der Waals surface area contributed by atoms with Crippen LogP contribution in [0.3, 0.4) is 0 Å². The SMILES string of the molecule is C[C@H]1CC[C@@H](C(N)=O)CN1c1noc(C(C)(C)C)n1. The summed E-state index contributed by atoms with van der Waals surface area (Å²) in [4.78, 5) is 17.8. The van der Waals surface area contributed by atoms with Gasteiger partial charge in [0.2, 0.25) is 11.8 Å². The first kappa shape index (κ1) is 13.8. The molecule has 2 atom stereocenters. The van der Waals surface area contributed by atoms with Crippen molar-refractivity contribution in [3.63, 3.8) is 0 Å². The van der Waals surface area contributed by atoms with Crippen molar-refractivity contribution in [3.05, 3.63) is 5.89 Å². The Labute approximate surface area is 113 Å². The van der Waals surface area contributed by atoms with Gasteiger partial charge in [0.05, 0.1) is 5.92 Å². The van der Waals surface area contributed by atoms with Gasteiger partial charge in [0, 0.05) is 18.0 Å². The van der Waals surface area contributed by atoms with Gasteiger partial charge >= 0.3 is 0 Å². The van der Waals surface area contributed by atoms with Crippen LogP contribution in [0.4, 0.5) is 5.95 Å². The van der Waals surface area contributed by atoms with Crippen LogP contribution in [0.1, 0.15) is 46.4 Å². The van der Waals surface area contributed by atoms with Crippen LogP contribution >= 0.6 is 0 Å². The van der Waals surface area contributed by atoms with Crippen molar-refractivity contribution in [1.82, 2.24) is 10.1 Å². The second-order valence-corrected chi connectivity index (χ2v) is 6.33. The van der Waals surface area contributed by atoms with E-state index in [1.807, 2.05) is 25.7 Å². The van der Waals surface area contributed by atoms with Gasteiger partial charge in [-0.05, 0) is 24.9 Å². The van der Waals surface area contributed by atoms with E-state index in [0.717, 1.165) is 12.8 Å². The minimum absolute atomic E-state index is 0.132. The zero-order chi connectivity index (χ0) is 14.2. The monoisotopic (exact) mass is 266 g/mol. The molecule has 0 aromatic carbocycles. The molecule has 1 saturated heterocycles. The molecule has 1 amide bonds. The molecule has 6 nitrogen and oxygen atoms in total. The number of piperidine rings is 1. The first-order valence-electron chi connectivity index (χ1n) is 6.69. The van der Waals surface area contributed by atoms with Crippen LogP contribution in [-0.4, -0.2) is 28.6 Å². The van der Waals surface area contributed by atoms with Gasteiger partial charge in [-0.2, -0.15) is 4.98 Å². The van der Waals surface area contributed by atoms with Crippen LogP contribution < -0.4 is 10.6 Å². The first-order valence-corrected chi connectivity index (χ1v) is 6.69. The van der Waals surface area contributed by atoms with Gasteiger partial charge in [-0.25, -0.2) is 0 Å². The lowest BCUT2D eigenvalue weighted by Gasteiger charge is -2.35. The van der Waals surface area contributed by atoms with Crippen LogP contribution in [0, 0.1) is 5.92 Å². The number of carbonyl (C=O) groups excluding carboxylic acids is 1. The van der Waals surface area contributed by atoms with E-state index in [9.17, 15) is 4.79 Å². The van der Waals surface area contributed by atoms with Crippen LogP contribution in [0.15, 0.2) is 4.52 Å². The molecular formula is C13H22N4O2. The highest BCUT2D eigenvalue weighted by Crippen LogP contribution is 2.28. The summed E-state index contributed by atoms with van der Waals surface area (Å²) in [5.41, 5.74) is 5.22. The van der Waals surface area contributed by atoms with Crippen LogP contribution in [0.25, 0.3) is 0 Å². The predicted molar refractivity (Wildman–Crippen MR) is 71.7 cm³/mol. The molecule has 1 aliphatic heterocycles. The van der Waals surface area contributed by atoms with E-state index in [-0.39, 0.29) is 17.2 Å². The molecule has 2 N–H and O–H groups in total. The molecule has 6 heteroatoms. The highest BCUT2D eigenvalue weighted by atomic mass is 16.5. The lowest BCUT2D eigenvalue weighted by Crippen LogP contribution is -2.46. The van der Waals surface area contributed by atoms with E-state index >= 15 is 0 Å². The summed E-state index contributed by atoms with van der Waals surface area (Å²) in [7, 11) is 0. The number of carbonyl (C=O) groups is 1. The molecule has 0 aliphatic carbocycles. The number of rotatable bonds is 2. The van der Waals surface area contributed by atoms with Crippen molar-refractivity contribution in [2.45, 2.75) is 52.0 Å². The van der Waals surface area contributed by atoms with Crippen molar-refractivity contribution in [3.8, 4) is 0 Å². The molecule has 0 bridgehead atoms. The fraction of sp³-hybridized carbons (Fsp3) is 0.769. The minimum Gasteiger partial charge on any atom is -0.369 e. The Morgan fingerprint density at radius 1 is 1.42 bits per heavy atom. The Kier molecular flexibility index (Phi) is 3.52. The third-order valence-electron chi connectivity index (χ3n) is 3.60. The molecule has 1 aromatic rings. The van der Waals surface area contributed by atoms with E-state index < -0.39 is 0 Å². The van der Waals surface area contributed by atoms with Crippen molar-refractivity contribution in [2.24, 2.45) is 11.7 Å². The number of aromatic nitrogens is 2. The average molecular weight is 266 g/mol. The van der Waals surface area contributed by atoms with Gasteiger partial charge in [0.25, 0.3) is 5.95 Å². The van der Waals surface area contributed by atoms with E-state index in [0.29, 0.717) is 24.4 Å². The van der Waals surface area contributed by atoms with Crippen molar-refractivity contribution < 1.29 is 9.32 Å². The summed E-state index contributed by atoms with van der Waals surface area (Å²) < 4.78 is 5.31. The maximum atomic E-state index is 11.3. The number of hydrogen-bond donors (Lipinski definition) is 1. The maximum Gasteiger partial charge on any atom is 0.266 e. The van der Waals surface area contributed by atoms with Crippen LogP contribution in [0.5, 0.6) is 0 Å². The van der Waals surface area contributed by atoms with Gasteiger partial charge in [0.1, 0.15) is 0 Å². The Morgan fingerprint density at radius 3 is 2.63 bits per heavy atom. The summed E-state index contributed by atoms with van der Waals surface area (Å²) in [5, 5.41) is 4.04. The quantitative estimate of drug-likeness (QED) is 0.875. The second kappa shape index (κ2) is 4.83. The number of nitrogens with zero attached hydrogens (tertiary/aromatic N) is 3. The molecule has 0 saturated carbocycles. The number of amides is 1. The molecular weight excluding hydrogens is 244 g/mol. The maximum absolute atomic E-state index is 11.3. The Bertz CT molecular complexity index is 463. The molecule has 0 radical (unpaired) electrons. The standard InChI is InChI=1S/C13H22N4O2/c1-8-5-6-9(10(14)18)7-17(8)12-15-11(19-16-12)13(2,3)4/h8-9H,5-7H2,1-4H3,(H2,14,18)/t8-,9+/m0/s1. The van der Waals surface area contributed by atoms with Gasteiger partial charge in [0.15, 0.2) is 0 Å². The molecule has 0 spiro atoms. The number of primary amides is 1. The van der Waals surface area contributed by atoms with Crippen molar-refractivity contribution in [1.29, 1.82) is 0 Å². The largest absolute Gasteiger partial charge is 0.369 e. The molecule has 19 heavy (non-hydrogen) atoms. The second-order valence-electron chi connectivity index (χ2n) is 6.33. The highest BCUT2D eigenvalue weighted by Gasteiger charge is 2.32. The van der Waals surface area contributed by atoms with Crippen LogP contribution in [-0.2, 0) is 10.2 Å². The molecule has 2 rings (SSSR count). The summed E-state index contributed by atoms with van der Waals surface area (Å²) in [6.07, 6.45) is 1.74. The van der Waals surface area contributed by atoms with Gasteiger partial charge < -0.3 is 15.2 Å². The Morgan fingerprint density at radius 2 is 2.11 bits per heavy atom. The molecule has 2 heterocycles. The van der Waals surface area contributed by atoms with E-state index in [2.05, 4.69) is 17.1 Å². The van der Waals surface area contributed by atoms with Crippen molar-refractivity contribution in [2.75, 3.05) is 11.4 Å². The molecule has 1 fully saturated rings. The predicted octanol–water partition coefficient (Wildman–Crippen LogP) is 1.46. The molecule has 0 unspecified atom stereocenters. The number of hydrogen-bond acceptors (Lipinski definition) is 5. The summed E-state index contributed by atoms with van der Waals surface area (Å²) >= 11 is 0. The fourth-order valence-electron chi connectivity index (χ4n) is 2.25. The Balaban J connectivity index is 2.19. The average Bonchev–Trinajstić information content (AvgIpc) is 2.78. The third kappa shape index (κ3) is 2.88. The van der Waals surface area contributed by atoms with Gasteiger partial charge in [-0.3, -0.25) is 4.79 Å². The van der Waals surface area contributed by atoms with Gasteiger partial charge in [-0.1, -0.05) is 20.8 Å². The van der Waals surface area contributed by atoms with Crippen LogP contribution in [0.2, 0.25) is 0 Å². The zero-order valence-corrected chi connectivity index (χ0v) is 12.0. The van der Waals surface area contributed by atoms with Crippen molar-refractivity contribution >= 4 is 11.9 Å². The number of nitrogens with two attached hydrogens (primary N) is 1. The lowest BCUT2D eigenvalue weighted by atomic mass is 9.93.